The fraction of sp³-hybridized carbons (Fsp3) is 0.222. The highest BCUT2D eigenvalue weighted by Gasteiger charge is 1.92. The van der Waals surface area contributed by atoms with Gasteiger partial charge in [-0.15, -0.1) is 0 Å². The summed E-state index contributed by atoms with van der Waals surface area (Å²) in [5, 5.41) is 0.719. The third-order valence-electron chi connectivity index (χ3n) is 1.39. The van der Waals surface area contributed by atoms with Crippen molar-refractivity contribution in [3.05, 3.63) is 41.3 Å². The van der Waals surface area contributed by atoms with E-state index in [4.69, 9.17) is 18.5 Å². The van der Waals surface area contributed by atoms with Gasteiger partial charge in [-0.05, 0) is 36.6 Å². The van der Waals surface area contributed by atoms with E-state index >= 15 is 0 Å². The van der Waals surface area contributed by atoms with Crippen molar-refractivity contribution < 1.29 is 0 Å². The van der Waals surface area contributed by atoms with Crippen molar-refractivity contribution in [2.24, 2.45) is 0 Å². The second-order valence-corrected chi connectivity index (χ2v) is 2.68. The van der Waals surface area contributed by atoms with Crippen LogP contribution in [0.1, 0.15) is 18.1 Å². The summed E-state index contributed by atoms with van der Waals surface area (Å²) >= 11 is 5.75. The molecular formula is C9H9Cl. The first-order chi connectivity index (χ1) is 4.72. The average molecular weight is 153 g/mol. The quantitative estimate of drug-likeness (QED) is 0.581. The van der Waals surface area contributed by atoms with Gasteiger partial charge in [0.05, 0.1) is 0 Å². The Morgan fingerprint density at radius 3 is 2.60 bits per heavy atom. The van der Waals surface area contributed by atoms with E-state index in [-0.39, 0.29) is 0 Å². The molecule has 0 spiro atoms. The fourth-order valence-electron chi connectivity index (χ4n) is 0.880. The van der Waals surface area contributed by atoms with Gasteiger partial charge in [0.2, 0.25) is 0 Å². The molecule has 0 nitrogen and oxygen atoms in total. The second-order valence-electron chi connectivity index (χ2n) is 2.25. The number of rotatable bonds is 1. The van der Waals surface area contributed by atoms with Crippen LogP contribution in [0.25, 0.3) is 0 Å². The van der Waals surface area contributed by atoms with Gasteiger partial charge in [-0.3, -0.25) is 0 Å². The SMILES string of the molecule is [CH]c1cc(Cl)cc(CC)c1. The van der Waals surface area contributed by atoms with E-state index in [0.717, 1.165) is 17.0 Å². The molecule has 0 bridgehead atoms. The molecule has 0 saturated carbocycles. The Hall–Kier alpha value is -0.490. The molecule has 0 amide bonds. The Kier molecular flexibility index (Phi) is 2.34. The van der Waals surface area contributed by atoms with Crippen LogP contribution >= 0.6 is 11.6 Å². The molecule has 1 aromatic rings. The van der Waals surface area contributed by atoms with Gasteiger partial charge < -0.3 is 0 Å². The number of halogens is 1. The first-order valence-corrected chi connectivity index (χ1v) is 3.65. The molecule has 1 aromatic carbocycles. The zero-order valence-corrected chi connectivity index (χ0v) is 6.65. The number of hydrogen-bond acceptors (Lipinski definition) is 0. The first-order valence-electron chi connectivity index (χ1n) is 3.27. The van der Waals surface area contributed by atoms with Crippen LogP contribution in [0.4, 0.5) is 0 Å². The molecule has 0 N–H and O–H groups in total. The summed E-state index contributed by atoms with van der Waals surface area (Å²) in [6.45, 7) is 7.63. The lowest BCUT2D eigenvalue weighted by Crippen LogP contribution is -1.81. The van der Waals surface area contributed by atoms with Crippen molar-refractivity contribution in [1.82, 2.24) is 0 Å². The Bertz CT molecular complexity index is 208. The van der Waals surface area contributed by atoms with Gasteiger partial charge in [0.25, 0.3) is 0 Å². The summed E-state index contributed by atoms with van der Waals surface area (Å²) < 4.78 is 0. The first kappa shape index (κ1) is 7.62. The summed E-state index contributed by atoms with van der Waals surface area (Å²) in [5.41, 5.74) is 1.93. The van der Waals surface area contributed by atoms with Crippen molar-refractivity contribution in [1.29, 1.82) is 0 Å². The fourth-order valence-corrected chi connectivity index (χ4v) is 1.15. The van der Waals surface area contributed by atoms with Crippen molar-refractivity contribution >= 4 is 11.6 Å². The molecule has 0 atom stereocenters. The zero-order chi connectivity index (χ0) is 7.56. The Morgan fingerprint density at radius 1 is 1.40 bits per heavy atom. The number of aryl methyl sites for hydroxylation is 1. The molecule has 10 heavy (non-hydrogen) atoms. The summed E-state index contributed by atoms with van der Waals surface area (Å²) in [4.78, 5) is 0. The molecule has 0 unspecified atom stereocenters. The summed E-state index contributed by atoms with van der Waals surface area (Å²) in [7, 11) is 0. The molecule has 0 aliphatic carbocycles. The lowest BCUT2D eigenvalue weighted by Gasteiger charge is -1.98. The van der Waals surface area contributed by atoms with E-state index in [1.165, 1.54) is 5.56 Å². The minimum atomic E-state index is 0.719. The molecular weight excluding hydrogens is 144 g/mol. The second kappa shape index (κ2) is 3.07. The molecule has 0 aliphatic rings. The van der Waals surface area contributed by atoms with Crippen molar-refractivity contribution in [2.45, 2.75) is 13.3 Å². The van der Waals surface area contributed by atoms with Gasteiger partial charge in [-0.1, -0.05) is 24.6 Å². The molecule has 2 radical (unpaired) electrons. The van der Waals surface area contributed by atoms with E-state index in [0.29, 0.717) is 0 Å². The maximum absolute atomic E-state index is 5.75. The van der Waals surface area contributed by atoms with E-state index in [1.807, 2.05) is 12.1 Å². The molecule has 0 heterocycles. The molecule has 0 aliphatic heterocycles. The lowest BCUT2D eigenvalue weighted by molar-refractivity contribution is 1.14. The Morgan fingerprint density at radius 2 is 2.10 bits per heavy atom. The van der Waals surface area contributed by atoms with E-state index < -0.39 is 0 Å². The third kappa shape index (κ3) is 1.74. The standard InChI is InChI=1S/C9H9Cl/c1-3-8-4-7(2)5-9(10)6-8/h2,4-6H,3H2,1H3. The summed E-state index contributed by atoms with van der Waals surface area (Å²) in [6, 6.07) is 5.62. The van der Waals surface area contributed by atoms with Crippen molar-refractivity contribution in [3.8, 4) is 0 Å². The van der Waals surface area contributed by atoms with Gasteiger partial charge in [0.1, 0.15) is 0 Å². The van der Waals surface area contributed by atoms with Crippen LogP contribution in [-0.4, -0.2) is 0 Å². The van der Waals surface area contributed by atoms with Crippen LogP contribution < -0.4 is 0 Å². The highest BCUT2D eigenvalue weighted by Crippen LogP contribution is 2.14. The average Bonchev–Trinajstić information content (AvgIpc) is 1.85. The van der Waals surface area contributed by atoms with E-state index in [2.05, 4.69) is 6.92 Å². The van der Waals surface area contributed by atoms with E-state index in [9.17, 15) is 0 Å². The van der Waals surface area contributed by atoms with Crippen molar-refractivity contribution in [2.75, 3.05) is 0 Å². The predicted molar refractivity (Wildman–Crippen MR) is 44.2 cm³/mol. The van der Waals surface area contributed by atoms with Crippen LogP contribution in [0.5, 0.6) is 0 Å². The van der Waals surface area contributed by atoms with Gasteiger partial charge in [-0.2, -0.15) is 0 Å². The van der Waals surface area contributed by atoms with Crippen LogP contribution in [0.2, 0.25) is 5.02 Å². The van der Waals surface area contributed by atoms with Crippen LogP contribution in [-0.2, 0) is 6.42 Å². The number of hydrogen-bond donors (Lipinski definition) is 0. The lowest BCUT2D eigenvalue weighted by atomic mass is 10.1. The molecule has 1 heteroatoms. The minimum absolute atomic E-state index is 0.719. The summed E-state index contributed by atoms with van der Waals surface area (Å²) in [5.74, 6) is 0. The highest BCUT2D eigenvalue weighted by molar-refractivity contribution is 6.30. The maximum atomic E-state index is 5.75. The molecule has 0 aromatic heterocycles. The van der Waals surface area contributed by atoms with E-state index in [1.54, 1.807) is 6.07 Å². The zero-order valence-electron chi connectivity index (χ0n) is 5.89. The van der Waals surface area contributed by atoms with Gasteiger partial charge in [0, 0.05) is 5.02 Å². The van der Waals surface area contributed by atoms with Crippen LogP contribution in [0.3, 0.4) is 0 Å². The molecule has 0 fully saturated rings. The Labute approximate surface area is 66.8 Å². The molecule has 0 saturated heterocycles. The summed E-state index contributed by atoms with van der Waals surface area (Å²) in [6.07, 6.45) is 0.977. The topological polar surface area (TPSA) is 0 Å². The largest absolute Gasteiger partial charge is 0.0843 e. The van der Waals surface area contributed by atoms with Crippen molar-refractivity contribution in [3.63, 3.8) is 0 Å². The maximum Gasteiger partial charge on any atom is 0.0411 e. The van der Waals surface area contributed by atoms with Gasteiger partial charge in [-0.25, -0.2) is 0 Å². The monoisotopic (exact) mass is 152 g/mol. The minimum Gasteiger partial charge on any atom is -0.0843 e. The van der Waals surface area contributed by atoms with Crippen LogP contribution in [0.15, 0.2) is 18.2 Å². The highest BCUT2D eigenvalue weighted by atomic mass is 35.5. The molecule has 1 rings (SSSR count). The smallest absolute Gasteiger partial charge is 0.0411 e. The number of benzene rings is 1. The Balaban J connectivity index is 3.06. The normalized spacial score (nSPS) is 9.90. The van der Waals surface area contributed by atoms with Crippen LogP contribution in [0, 0.1) is 6.92 Å². The van der Waals surface area contributed by atoms with Gasteiger partial charge >= 0.3 is 0 Å². The third-order valence-corrected chi connectivity index (χ3v) is 1.61. The molecule has 52 valence electrons. The predicted octanol–water partition coefficient (Wildman–Crippen LogP) is 2.96. The van der Waals surface area contributed by atoms with Gasteiger partial charge in [0.15, 0.2) is 0 Å².